The van der Waals surface area contributed by atoms with Crippen molar-refractivity contribution in [3.8, 4) is 5.75 Å². The summed E-state index contributed by atoms with van der Waals surface area (Å²) < 4.78 is 62.0. The number of rotatable bonds is 12. The van der Waals surface area contributed by atoms with E-state index in [1.54, 1.807) is 80.8 Å². The molecule has 1 aromatic heterocycles. The van der Waals surface area contributed by atoms with Gasteiger partial charge in [-0.3, -0.25) is 9.89 Å². The molecule has 0 saturated heterocycles. The fraction of sp³-hybridized carbons (Fsp3) is 0.281. The number of hydrogen-bond acceptors (Lipinski definition) is 4. The Morgan fingerprint density at radius 2 is 1.61 bits per heavy atom. The van der Waals surface area contributed by atoms with Crippen molar-refractivity contribution in [1.29, 1.82) is 0 Å². The van der Waals surface area contributed by atoms with Crippen molar-refractivity contribution in [2.45, 2.75) is 25.4 Å². The van der Waals surface area contributed by atoms with E-state index in [4.69, 9.17) is 4.74 Å². The molecular formula is C32H32F4N4O4. The second-order valence-electron chi connectivity index (χ2n) is 10.3. The molecule has 0 unspecified atom stereocenters. The first-order valence-corrected chi connectivity index (χ1v) is 13.8. The van der Waals surface area contributed by atoms with E-state index in [1.165, 1.54) is 11.0 Å². The molecular weight excluding hydrogens is 580 g/mol. The maximum absolute atomic E-state index is 14.4. The molecule has 0 aliphatic carbocycles. The Kier molecular flexibility index (Phi) is 10.2. The number of carbonyl (C=O) groups excluding carboxylic acids is 1. The van der Waals surface area contributed by atoms with Crippen LogP contribution in [0.2, 0.25) is 0 Å². The summed E-state index contributed by atoms with van der Waals surface area (Å²) in [7, 11) is 3.26. The van der Waals surface area contributed by atoms with E-state index in [9.17, 15) is 32.3 Å². The van der Waals surface area contributed by atoms with E-state index >= 15 is 0 Å². The summed E-state index contributed by atoms with van der Waals surface area (Å²) >= 11 is 0. The standard InChI is InChI=1S/C32H32F4N4O4/c1-39(2)28(41)9-6-16-40(31(42)43)17-18-44-24-13-10-22(11-14-24)29(23-12-15-27-25(19-23)30(33)38-37-27)26(20-32(34,35)36)21-7-4-3-5-8-21/h3-5,7-8,10-15,19H,6,9,16-18,20H2,1-2H3,(H,37,38)(H,42,43). The number of carboxylic acid groups (broad SMARTS) is 1. The highest BCUT2D eigenvalue weighted by atomic mass is 19.4. The van der Waals surface area contributed by atoms with Crippen LogP contribution in [0.4, 0.5) is 22.4 Å². The summed E-state index contributed by atoms with van der Waals surface area (Å²) in [5, 5.41) is 15.8. The van der Waals surface area contributed by atoms with Crippen molar-refractivity contribution in [2.75, 3.05) is 33.8 Å². The lowest BCUT2D eigenvalue weighted by Crippen LogP contribution is -2.35. The van der Waals surface area contributed by atoms with Crippen LogP contribution in [0.25, 0.3) is 22.0 Å². The summed E-state index contributed by atoms with van der Waals surface area (Å²) in [5.74, 6) is -0.406. The van der Waals surface area contributed by atoms with Crippen LogP contribution in [0.15, 0.2) is 72.8 Å². The smallest absolute Gasteiger partial charge is 0.407 e. The number of hydrogen-bond donors (Lipinski definition) is 2. The van der Waals surface area contributed by atoms with Crippen LogP contribution in [0.1, 0.15) is 36.0 Å². The van der Waals surface area contributed by atoms with Gasteiger partial charge in [-0.25, -0.2) is 4.79 Å². The Hall–Kier alpha value is -4.87. The average Bonchev–Trinajstić information content (AvgIpc) is 3.36. The van der Waals surface area contributed by atoms with Gasteiger partial charge in [0.2, 0.25) is 11.9 Å². The molecule has 8 nitrogen and oxygen atoms in total. The van der Waals surface area contributed by atoms with Gasteiger partial charge in [0.1, 0.15) is 12.4 Å². The van der Waals surface area contributed by atoms with Crippen LogP contribution >= 0.6 is 0 Å². The van der Waals surface area contributed by atoms with Gasteiger partial charge in [0.05, 0.1) is 23.9 Å². The molecule has 0 fully saturated rings. The predicted molar refractivity (Wildman–Crippen MR) is 159 cm³/mol. The van der Waals surface area contributed by atoms with Crippen molar-refractivity contribution in [2.24, 2.45) is 0 Å². The molecule has 12 heteroatoms. The molecule has 0 bridgehead atoms. The number of allylic oxidation sites excluding steroid dienone is 1. The monoisotopic (exact) mass is 612 g/mol. The van der Waals surface area contributed by atoms with Crippen molar-refractivity contribution in [1.82, 2.24) is 20.0 Å². The van der Waals surface area contributed by atoms with E-state index in [2.05, 4.69) is 10.2 Å². The molecule has 4 rings (SSSR count). The minimum atomic E-state index is -4.53. The maximum atomic E-state index is 14.4. The van der Waals surface area contributed by atoms with E-state index in [1.807, 2.05) is 0 Å². The Labute approximate surface area is 251 Å². The highest BCUT2D eigenvalue weighted by Gasteiger charge is 2.31. The zero-order valence-corrected chi connectivity index (χ0v) is 24.2. The van der Waals surface area contributed by atoms with Crippen LogP contribution in [0.3, 0.4) is 0 Å². The lowest BCUT2D eigenvalue weighted by atomic mass is 9.87. The van der Waals surface area contributed by atoms with E-state index < -0.39 is 24.6 Å². The number of aromatic nitrogens is 2. The topological polar surface area (TPSA) is 98.8 Å². The molecule has 1 heterocycles. The summed E-state index contributed by atoms with van der Waals surface area (Å²) in [5.41, 5.74) is 1.81. The molecule has 4 aromatic rings. The molecule has 0 saturated carbocycles. The van der Waals surface area contributed by atoms with Gasteiger partial charge in [-0.1, -0.05) is 48.5 Å². The van der Waals surface area contributed by atoms with Crippen LogP contribution in [0.5, 0.6) is 5.75 Å². The van der Waals surface area contributed by atoms with Gasteiger partial charge in [-0.15, -0.1) is 0 Å². The fourth-order valence-corrected chi connectivity index (χ4v) is 4.76. The molecule has 0 atom stereocenters. The van der Waals surface area contributed by atoms with Crippen molar-refractivity contribution in [3.63, 3.8) is 0 Å². The quantitative estimate of drug-likeness (QED) is 0.135. The number of alkyl halides is 3. The number of nitrogens with one attached hydrogen (secondary N) is 1. The fourth-order valence-electron chi connectivity index (χ4n) is 4.76. The van der Waals surface area contributed by atoms with Gasteiger partial charge in [0.15, 0.2) is 0 Å². The lowest BCUT2D eigenvalue weighted by molar-refractivity contribution is -0.128. The Morgan fingerprint density at radius 1 is 0.932 bits per heavy atom. The van der Waals surface area contributed by atoms with Gasteiger partial charge >= 0.3 is 12.3 Å². The highest BCUT2D eigenvalue weighted by molar-refractivity contribution is 6.00. The molecule has 0 aliphatic rings. The molecule has 232 valence electrons. The lowest BCUT2D eigenvalue weighted by Gasteiger charge is -2.20. The zero-order chi connectivity index (χ0) is 31.9. The molecule has 0 aliphatic heterocycles. The minimum absolute atomic E-state index is 0.0138. The van der Waals surface area contributed by atoms with E-state index in [0.717, 1.165) is 4.90 Å². The molecule has 3 aromatic carbocycles. The van der Waals surface area contributed by atoms with Crippen molar-refractivity contribution in [3.05, 3.63) is 95.4 Å². The van der Waals surface area contributed by atoms with E-state index in [-0.39, 0.29) is 48.6 Å². The van der Waals surface area contributed by atoms with Gasteiger partial charge in [-0.05, 0) is 58.5 Å². The largest absolute Gasteiger partial charge is 0.492 e. The molecule has 44 heavy (non-hydrogen) atoms. The SMILES string of the molecule is CN(C)C(=O)CCCN(CCOc1ccc(C(=C(CC(F)(F)F)c2ccccc2)c2ccc3n[nH]c(F)c3c2)cc1)C(=O)O. The Balaban J connectivity index is 1.61. The van der Waals surface area contributed by atoms with Crippen molar-refractivity contribution >= 4 is 34.0 Å². The maximum Gasteiger partial charge on any atom is 0.407 e. The third-order valence-corrected chi connectivity index (χ3v) is 6.96. The van der Waals surface area contributed by atoms with Crippen LogP contribution in [-0.2, 0) is 4.79 Å². The predicted octanol–water partition coefficient (Wildman–Crippen LogP) is 6.84. The third-order valence-electron chi connectivity index (χ3n) is 6.96. The molecule has 0 spiro atoms. The summed E-state index contributed by atoms with van der Waals surface area (Å²) in [4.78, 5) is 26.0. The first kappa shape index (κ1) is 32.1. The second kappa shape index (κ2) is 14.1. The first-order valence-electron chi connectivity index (χ1n) is 13.8. The number of fused-ring (bicyclic) bond motifs is 1. The number of carbonyl (C=O) groups is 2. The summed E-state index contributed by atoms with van der Waals surface area (Å²) in [6.07, 6.45) is -6.31. The highest BCUT2D eigenvalue weighted by Crippen LogP contribution is 2.40. The number of halogens is 4. The number of amides is 2. The van der Waals surface area contributed by atoms with Crippen molar-refractivity contribution < 1.29 is 37.0 Å². The number of nitrogens with zero attached hydrogens (tertiary/aromatic N) is 3. The van der Waals surface area contributed by atoms with E-state index in [0.29, 0.717) is 34.4 Å². The number of ether oxygens (including phenoxy) is 1. The minimum Gasteiger partial charge on any atom is -0.492 e. The summed E-state index contributed by atoms with van der Waals surface area (Å²) in [6.45, 7) is 0.239. The number of H-pyrrole nitrogens is 1. The molecule has 2 N–H and O–H groups in total. The normalized spacial score (nSPS) is 12.1. The van der Waals surface area contributed by atoms with Gasteiger partial charge in [0, 0.05) is 27.1 Å². The van der Waals surface area contributed by atoms with Crippen LogP contribution < -0.4 is 4.74 Å². The second-order valence-corrected chi connectivity index (χ2v) is 10.3. The van der Waals surface area contributed by atoms with Crippen LogP contribution in [-0.4, -0.2) is 77.1 Å². The number of benzene rings is 3. The Morgan fingerprint density at radius 3 is 2.25 bits per heavy atom. The molecule has 0 radical (unpaired) electrons. The van der Waals surface area contributed by atoms with Gasteiger partial charge < -0.3 is 19.6 Å². The average molecular weight is 613 g/mol. The summed E-state index contributed by atoms with van der Waals surface area (Å²) in [6, 6.07) is 19.2. The van der Waals surface area contributed by atoms with Crippen LogP contribution in [0, 0.1) is 5.95 Å². The third kappa shape index (κ3) is 8.36. The first-order chi connectivity index (χ1) is 20.9. The van der Waals surface area contributed by atoms with Gasteiger partial charge in [0.25, 0.3) is 0 Å². The zero-order valence-electron chi connectivity index (χ0n) is 24.2. The molecule has 2 amide bonds. The Bertz CT molecular complexity index is 1620. The number of aromatic amines is 1. The van der Waals surface area contributed by atoms with Gasteiger partial charge in [-0.2, -0.15) is 22.7 Å².